The monoisotopic (exact) mass is 283 g/mol. The molecule has 1 N–H and O–H groups in total. The Hall–Kier alpha value is -1.82. The standard InChI is InChI=1S/C13H17NO4S/c1-9(2)14-8-10(3)13(15)18-11-4-6-12(7-5-11)19(16)17/h4-9,14,19H,1-3H3. The topological polar surface area (TPSA) is 72.5 Å². The maximum atomic E-state index is 11.7. The van der Waals surface area contributed by atoms with Gasteiger partial charge in [-0.25, -0.2) is 13.2 Å². The zero-order valence-electron chi connectivity index (χ0n) is 11.0. The molecule has 1 aromatic rings. The van der Waals surface area contributed by atoms with Crippen LogP contribution in [0, 0.1) is 0 Å². The van der Waals surface area contributed by atoms with Crippen molar-refractivity contribution >= 4 is 16.7 Å². The molecular formula is C13H17NO4S. The van der Waals surface area contributed by atoms with Crippen LogP contribution >= 0.6 is 0 Å². The molecule has 0 atom stereocenters. The fraction of sp³-hybridized carbons (Fsp3) is 0.308. The molecule has 6 heteroatoms. The molecule has 0 bridgehead atoms. The average Bonchev–Trinajstić information content (AvgIpc) is 2.36. The molecule has 0 aliphatic carbocycles. The van der Waals surface area contributed by atoms with E-state index < -0.39 is 16.7 Å². The van der Waals surface area contributed by atoms with Crippen LogP contribution in [0.15, 0.2) is 40.9 Å². The second-order valence-electron chi connectivity index (χ2n) is 4.29. The van der Waals surface area contributed by atoms with Crippen LogP contribution in [0.25, 0.3) is 0 Å². The summed E-state index contributed by atoms with van der Waals surface area (Å²) in [5.74, 6) is -0.171. The van der Waals surface area contributed by atoms with Crippen molar-refractivity contribution in [2.24, 2.45) is 0 Å². The molecule has 19 heavy (non-hydrogen) atoms. The van der Waals surface area contributed by atoms with E-state index in [9.17, 15) is 13.2 Å². The minimum Gasteiger partial charge on any atom is -0.423 e. The molecule has 104 valence electrons. The molecule has 1 rings (SSSR count). The summed E-state index contributed by atoms with van der Waals surface area (Å²) in [6.07, 6.45) is 1.59. The second kappa shape index (κ2) is 6.94. The zero-order chi connectivity index (χ0) is 14.4. The Labute approximate surface area is 114 Å². The highest BCUT2D eigenvalue weighted by Gasteiger charge is 2.07. The molecule has 0 saturated heterocycles. The fourth-order valence-electron chi connectivity index (χ4n) is 1.17. The van der Waals surface area contributed by atoms with Crippen LogP contribution in [0.5, 0.6) is 5.75 Å². The molecule has 0 aliphatic heterocycles. The van der Waals surface area contributed by atoms with E-state index in [1.165, 1.54) is 24.3 Å². The number of hydrogen-bond donors (Lipinski definition) is 2. The number of carbonyl (C=O) groups excluding carboxylic acids is 1. The number of esters is 1. The molecule has 0 saturated carbocycles. The van der Waals surface area contributed by atoms with E-state index in [0.717, 1.165) is 0 Å². The van der Waals surface area contributed by atoms with Gasteiger partial charge in [0.2, 0.25) is 0 Å². The van der Waals surface area contributed by atoms with Gasteiger partial charge in [-0.2, -0.15) is 0 Å². The highest BCUT2D eigenvalue weighted by atomic mass is 32.2. The molecule has 0 fully saturated rings. The minimum atomic E-state index is -2.62. The maximum Gasteiger partial charge on any atom is 0.340 e. The van der Waals surface area contributed by atoms with Gasteiger partial charge in [-0.3, -0.25) is 0 Å². The smallest absolute Gasteiger partial charge is 0.340 e. The maximum absolute atomic E-state index is 11.7. The summed E-state index contributed by atoms with van der Waals surface area (Å²) in [6, 6.07) is 5.90. The van der Waals surface area contributed by atoms with Gasteiger partial charge >= 0.3 is 5.97 Å². The van der Waals surface area contributed by atoms with Crippen molar-refractivity contribution in [2.45, 2.75) is 31.7 Å². The van der Waals surface area contributed by atoms with Gasteiger partial charge in [0.05, 0.1) is 10.5 Å². The molecule has 1 aromatic carbocycles. The van der Waals surface area contributed by atoms with Crippen LogP contribution in [0.2, 0.25) is 0 Å². The fourth-order valence-corrected chi connectivity index (χ4v) is 1.57. The Balaban J connectivity index is 2.69. The Morgan fingerprint density at radius 2 is 1.84 bits per heavy atom. The minimum absolute atomic E-state index is 0.184. The number of carbonyl (C=O) groups is 1. The van der Waals surface area contributed by atoms with Crippen LogP contribution in [-0.4, -0.2) is 20.4 Å². The zero-order valence-corrected chi connectivity index (χ0v) is 11.9. The first-order chi connectivity index (χ1) is 8.90. The Kier molecular flexibility index (Phi) is 5.57. The number of hydrogen-bond acceptors (Lipinski definition) is 5. The number of ether oxygens (including phenoxy) is 1. The summed E-state index contributed by atoms with van der Waals surface area (Å²) in [4.78, 5) is 11.9. The van der Waals surface area contributed by atoms with Crippen LogP contribution in [-0.2, 0) is 15.5 Å². The van der Waals surface area contributed by atoms with E-state index in [1.54, 1.807) is 13.1 Å². The summed E-state index contributed by atoms with van der Waals surface area (Å²) in [6.45, 7) is 5.55. The van der Waals surface area contributed by atoms with Crippen LogP contribution in [0.1, 0.15) is 20.8 Å². The van der Waals surface area contributed by atoms with E-state index in [-0.39, 0.29) is 10.9 Å². The number of nitrogens with one attached hydrogen (secondary N) is 1. The molecule has 0 aliphatic rings. The first-order valence-corrected chi connectivity index (χ1v) is 6.97. The quantitative estimate of drug-likeness (QED) is 0.370. The summed E-state index contributed by atoms with van der Waals surface area (Å²) >= 11 is 0. The molecular weight excluding hydrogens is 266 g/mol. The van der Waals surface area contributed by atoms with Crippen molar-refractivity contribution in [3.05, 3.63) is 36.0 Å². The lowest BCUT2D eigenvalue weighted by Crippen LogP contribution is -2.19. The lowest BCUT2D eigenvalue weighted by atomic mass is 10.3. The van der Waals surface area contributed by atoms with E-state index >= 15 is 0 Å². The second-order valence-corrected chi connectivity index (χ2v) is 5.32. The lowest BCUT2D eigenvalue weighted by Gasteiger charge is -2.07. The highest BCUT2D eigenvalue weighted by molar-refractivity contribution is 7.72. The average molecular weight is 283 g/mol. The van der Waals surface area contributed by atoms with Crippen molar-refractivity contribution in [3.63, 3.8) is 0 Å². The van der Waals surface area contributed by atoms with E-state index in [0.29, 0.717) is 11.3 Å². The van der Waals surface area contributed by atoms with Crippen LogP contribution in [0.3, 0.4) is 0 Å². The largest absolute Gasteiger partial charge is 0.423 e. The third kappa shape index (κ3) is 5.13. The van der Waals surface area contributed by atoms with Crippen molar-refractivity contribution in [2.75, 3.05) is 0 Å². The molecule has 0 radical (unpaired) electrons. The Morgan fingerprint density at radius 3 is 2.32 bits per heavy atom. The summed E-state index contributed by atoms with van der Waals surface area (Å²) in [5.41, 5.74) is 0.438. The molecule has 0 amide bonds. The summed E-state index contributed by atoms with van der Waals surface area (Å²) in [7, 11) is -2.62. The lowest BCUT2D eigenvalue weighted by molar-refractivity contribution is -0.130. The molecule has 0 unspecified atom stereocenters. The number of benzene rings is 1. The summed E-state index contributed by atoms with van der Waals surface area (Å²) in [5, 5.41) is 2.99. The highest BCUT2D eigenvalue weighted by Crippen LogP contribution is 2.14. The third-order valence-electron chi connectivity index (χ3n) is 2.21. The van der Waals surface area contributed by atoms with Crippen molar-refractivity contribution < 1.29 is 17.9 Å². The Morgan fingerprint density at radius 1 is 1.26 bits per heavy atom. The van der Waals surface area contributed by atoms with Crippen molar-refractivity contribution in [1.29, 1.82) is 0 Å². The number of rotatable bonds is 5. The predicted molar refractivity (Wildman–Crippen MR) is 72.7 cm³/mol. The van der Waals surface area contributed by atoms with Gasteiger partial charge in [0.1, 0.15) is 5.75 Å². The van der Waals surface area contributed by atoms with E-state index in [4.69, 9.17) is 4.74 Å². The normalized spacial score (nSPS) is 11.7. The predicted octanol–water partition coefficient (Wildman–Crippen LogP) is 1.46. The van der Waals surface area contributed by atoms with Gasteiger partial charge in [0.15, 0.2) is 10.7 Å². The van der Waals surface area contributed by atoms with E-state index in [1.807, 2.05) is 13.8 Å². The molecule has 0 spiro atoms. The molecule has 0 aromatic heterocycles. The Bertz CT molecular complexity index is 536. The van der Waals surface area contributed by atoms with Gasteiger partial charge < -0.3 is 10.1 Å². The first-order valence-electron chi connectivity index (χ1n) is 5.79. The number of thiol groups is 1. The van der Waals surface area contributed by atoms with Gasteiger partial charge in [-0.1, -0.05) is 0 Å². The van der Waals surface area contributed by atoms with Gasteiger partial charge in [0, 0.05) is 12.2 Å². The van der Waals surface area contributed by atoms with Crippen LogP contribution < -0.4 is 10.1 Å². The molecule has 5 nitrogen and oxygen atoms in total. The van der Waals surface area contributed by atoms with Gasteiger partial charge in [-0.05, 0) is 45.0 Å². The van der Waals surface area contributed by atoms with Gasteiger partial charge in [-0.15, -0.1) is 0 Å². The van der Waals surface area contributed by atoms with Crippen molar-refractivity contribution in [1.82, 2.24) is 5.32 Å². The summed E-state index contributed by atoms with van der Waals surface area (Å²) < 4.78 is 26.5. The van der Waals surface area contributed by atoms with Gasteiger partial charge in [0.25, 0.3) is 0 Å². The SMILES string of the molecule is CC(=CNC(C)C)C(=O)Oc1ccc([SH](=O)=O)cc1. The third-order valence-corrected chi connectivity index (χ3v) is 2.93. The van der Waals surface area contributed by atoms with Crippen molar-refractivity contribution in [3.8, 4) is 5.75 Å². The van der Waals surface area contributed by atoms with Crippen LogP contribution in [0.4, 0.5) is 0 Å². The first kappa shape index (κ1) is 15.2. The molecule has 0 heterocycles. The van der Waals surface area contributed by atoms with E-state index in [2.05, 4.69) is 5.32 Å².